The van der Waals surface area contributed by atoms with Crippen molar-refractivity contribution in [1.82, 2.24) is 5.32 Å². The summed E-state index contributed by atoms with van der Waals surface area (Å²) < 4.78 is 0. The summed E-state index contributed by atoms with van der Waals surface area (Å²) in [6, 6.07) is 0. The Morgan fingerprint density at radius 1 is 1.00 bits per heavy atom. The first-order valence-corrected chi connectivity index (χ1v) is 4.12. The summed E-state index contributed by atoms with van der Waals surface area (Å²) in [5.74, 6) is 0. The van der Waals surface area contributed by atoms with Gasteiger partial charge in [-0.3, -0.25) is 0 Å². The summed E-state index contributed by atoms with van der Waals surface area (Å²) in [7, 11) is 0. The van der Waals surface area contributed by atoms with E-state index >= 15 is 0 Å². The summed E-state index contributed by atoms with van der Waals surface area (Å²) in [6.45, 7) is 6.96. The molecule has 0 aromatic rings. The van der Waals surface area contributed by atoms with Crippen molar-refractivity contribution in [1.29, 1.82) is 0 Å². The van der Waals surface area contributed by atoms with E-state index in [0.29, 0.717) is 0 Å². The second-order valence-corrected chi connectivity index (χ2v) is 2.46. The average molecular weight is 129 g/mol. The topological polar surface area (TPSA) is 21.9 Å². The molecule has 0 unspecified atom stereocenters. The quantitative estimate of drug-likeness (QED) is 0.458. The lowest BCUT2D eigenvalue weighted by Crippen LogP contribution is -1.66. The molecule has 1 N–H and O–H groups in total. The lowest BCUT2D eigenvalue weighted by atomic mass is 10.2. The number of hydrogen-bond donors (Lipinski definition) is 1. The van der Waals surface area contributed by atoms with Crippen molar-refractivity contribution in [2.45, 2.75) is 39.5 Å². The molecule has 1 saturated heterocycles. The molecule has 0 amide bonds. The van der Waals surface area contributed by atoms with Crippen LogP contribution in [0.5, 0.6) is 0 Å². The standard InChI is InChI=1S/C6H14.C2H5N/c1-3-5-6-4-2;1-2-3-1/h3-6H2,1-2H3;3H,1-2H2. The van der Waals surface area contributed by atoms with E-state index in [1.165, 1.54) is 38.8 Å². The normalized spacial score (nSPS) is 14.0. The van der Waals surface area contributed by atoms with Crippen molar-refractivity contribution in [3.05, 3.63) is 0 Å². The molecule has 0 saturated carbocycles. The van der Waals surface area contributed by atoms with Crippen LogP contribution >= 0.6 is 0 Å². The highest BCUT2D eigenvalue weighted by Crippen LogP contribution is 1.95. The third-order valence-corrected chi connectivity index (χ3v) is 1.21. The minimum atomic E-state index is 1.25. The maximum atomic E-state index is 3.00. The number of unbranched alkanes of at least 4 members (excludes halogenated alkanes) is 3. The van der Waals surface area contributed by atoms with Crippen molar-refractivity contribution in [2.24, 2.45) is 0 Å². The highest BCUT2D eigenvalue weighted by Gasteiger charge is 1.91. The van der Waals surface area contributed by atoms with Crippen molar-refractivity contribution in [2.75, 3.05) is 13.1 Å². The number of rotatable bonds is 3. The van der Waals surface area contributed by atoms with Crippen LogP contribution in [0.3, 0.4) is 0 Å². The molecule has 1 heterocycles. The fourth-order valence-electron chi connectivity index (χ4n) is 0.500. The lowest BCUT2D eigenvalue weighted by molar-refractivity contribution is 0.702. The third-order valence-electron chi connectivity index (χ3n) is 1.21. The van der Waals surface area contributed by atoms with Crippen LogP contribution in [0.1, 0.15) is 39.5 Å². The Labute approximate surface area is 58.8 Å². The largest absolute Gasteiger partial charge is 0.314 e. The van der Waals surface area contributed by atoms with Gasteiger partial charge < -0.3 is 5.32 Å². The Morgan fingerprint density at radius 2 is 1.33 bits per heavy atom. The molecule has 1 aliphatic rings. The van der Waals surface area contributed by atoms with Gasteiger partial charge >= 0.3 is 0 Å². The van der Waals surface area contributed by atoms with Gasteiger partial charge in [-0.25, -0.2) is 0 Å². The van der Waals surface area contributed by atoms with Crippen LogP contribution in [0.25, 0.3) is 0 Å². The third kappa shape index (κ3) is 18.0. The van der Waals surface area contributed by atoms with E-state index in [9.17, 15) is 0 Å². The second-order valence-electron chi connectivity index (χ2n) is 2.46. The Kier molecular flexibility index (Phi) is 7.92. The molecule has 0 aromatic carbocycles. The maximum Gasteiger partial charge on any atom is 0.00772 e. The summed E-state index contributed by atoms with van der Waals surface area (Å²) in [6.07, 6.45) is 5.54. The predicted octanol–water partition coefficient (Wildman–Crippen LogP) is 2.18. The van der Waals surface area contributed by atoms with E-state index in [1.54, 1.807) is 0 Å². The van der Waals surface area contributed by atoms with Gasteiger partial charge in [0.05, 0.1) is 0 Å². The zero-order valence-corrected chi connectivity index (χ0v) is 6.74. The number of nitrogens with one attached hydrogen (secondary N) is 1. The van der Waals surface area contributed by atoms with Crippen LogP contribution in [0.15, 0.2) is 0 Å². The van der Waals surface area contributed by atoms with Gasteiger partial charge in [-0.05, 0) is 0 Å². The van der Waals surface area contributed by atoms with Gasteiger partial charge in [0.25, 0.3) is 0 Å². The van der Waals surface area contributed by atoms with E-state index in [0.717, 1.165) is 0 Å². The van der Waals surface area contributed by atoms with Crippen molar-refractivity contribution < 1.29 is 0 Å². The molecule has 0 aromatic heterocycles. The van der Waals surface area contributed by atoms with Gasteiger partial charge in [-0.1, -0.05) is 39.5 Å². The van der Waals surface area contributed by atoms with Crippen LogP contribution in [0, 0.1) is 0 Å². The molecule has 1 rings (SSSR count). The molecule has 1 nitrogen and oxygen atoms in total. The van der Waals surface area contributed by atoms with Gasteiger partial charge in [0.1, 0.15) is 0 Å². The fraction of sp³-hybridized carbons (Fsp3) is 1.00. The first kappa shape index (κ1) is 8.96. The minimum Gasteiger partial charge on any atom is -0.314 e. The Balaban J connectivity index is 0.000000173. The van der Waals surface area contributed by atoms with Crippen molar-refractivity contribution in [3.8, 4) is 0 Å². The molecule has 0 spiro atoms. The molecule has 0 aliphatic carbocycles. The Bertz CT molecular complexity index is 35.1. The fourth-order valence-corrected chi connectivity index (χ4v) is 0.500. The summed E-state index contributed by atoms with van der Waals surface area (Å²) in [4.78, 5) is 0. The Morgan fingerprint density at radius 3 is 1.44 bits per heavy atom. The van der Waals surface area contributed by atoms with Gasteiger partial charge in [0, 0.05) is 13.1 Å². The van der Waals surface area contributed by atoms with E-state index in [2.05, 4.69) is 19.2 Å². The molecule has 1 heteroatoms. The van der Waals surface area contributed by atoms with Crippen molar-refractivity contribution in [3.63, 3.8) is 0 Å². The molecule has 9 heavy (non-hydrogen) atoms. The molecule has 1 fully saturated rings. The maximum absolute atomic E-state index is 3.00. The SMILES string of the molecule is C1CN1.CCCCCC. The van der Waals surface area contributed by atoms with Gasteiger partial charge in [0.15, 0.2) is 0 Å². The molecular weight excluding hydrogens is 110 g/mol. The van der Waals surface area contributed by atoms with Crippen LogP contribution in [-0.2, 0) is 0 Å². The molecule has 1 aliphatic heterocycles. The molecule has 0 atom stereocenters. The van der Waals surface area contributed by atoms with E-state index in [-0.39, 0.29) is 0 Å². The second kappa shape index (κ2) is 7.96. The monoisotopic (exact) mass is 129 g/mol. The van der Waals surface area contributed by atoms with E-state index < -0.39 is 0 Å². The minimum absolute atomic E-state index is 1.25. The van der Waals surface area contributed by atoms with Gasteiger partial charge in [-0.2, -0.15) is 0 Å². The highest BCUT2D eigenvalue weighted by molar-refractivity contribution is 4.58. The molecule has 56 valence electrons. The zero-order valence-electron chi connectivity index (χ0n) is 6.74. The first-order chi connectivity index (χ1) is 4.41. The molecule has 0 radical (unpaired) electrons. The van der Waals surface area contributed by atoms with Crippen molar-refractivity contribution >= 4 is 0 Å². The van der Waals surface area contributed by atoms with Crippen LogP contribution in [0.4, 0.5) is 0 Å². The Hall–Kier alpha value is -0.0400. The lowest BCUT2D eigenvalue weighted by Gasteiger charge is -1.86. The van der Waals surface area contributed by atoms with Crippen LogP contribution < -0.4 is 5.32 Å². The summed E-state index contributed by atoms with van der Waals surface area (Å²) in [5, 5.41) is 3.00. The van der Waals surface area contributed by atoms with Crippen LogP contribution in [0.2, 0.25) is 0 Å². The van der Waals surface area contributed by atoms with Gasteiger partial charge in [-0.15, -0.1) is 0 Å². The first-order valence-electron chi connectivity index (χ1n) is 4.12. The molecular formula is C8H19N. The average Bonchev–Trinajstić information content (AvgIpc) is 2.67. The smallest absolute Gasteiger partial charge is 0.00772 e. The predicted molar refractivity (Wildman–Crippen MR) is 42.7 cm³/mol. The zero-order chi connectivity index (χ0) is 6.95. The number of hydrogen-bond acceptors (Lipinski definition) is 1. The van der Waals surface area contributed by atoms with E-state index in [4.69, 9.17) is 0 Å². The van der Waals surface area contributed by atoms with E-state index in [1.807, 2.05) is 0 Å². The van der Waals surface area contributed by atoms with Crippen LogP contribution in [-0.4, -0.2) is 13.1 Å². The van der Waals surface area contributed by atoms with Gasteiger partial charge in [0.2, 0.25) is 0 Å². The summed E-state index contributed by atoms with van der Waals surface area (Å²) >= 11 is 0. The summed E-state index contributed by atoms with van der Waals surface area (Å²) in [5.41, 5.74) is 0. The molecule has 0 bridgehead atoms. The highest BCUT2D eigenvalue weighted by atomic mass is 15.0.